The maximum atomic E-state index is 13.1. The average Bonchev–Trinajstić information content (AvgIpc) is 2.81. The van der Waals surface area contributed by atoms with Crippen molar-refractivity contribution in [2.75, 3.05) is 13.7 Å². The SMILES string of the molecule is COc1ccc(-n2cc(C(=O)NCCc3ccc(Cl)cc3)c3ccccc3c2=O)cc1. The number of fused-ring (bicyclic) bond motifs is 1. The van der Waals surface area contributed by atoms with E-state index in [0.717, 1.165) is 5.56 Å². The second-order valence-corrected chi connectivity index (χ2v) is 7.53. The van der Waals surface area contributed by atoms with Crippen molar-refractivity contribution < 1.29 is 9.53 Å². The molecule has 4 rings (SSSR count). The molecule has 0 fully saturated rings. The van der Waals surface area contributed by atoms with Crippen LogP contribution in [0.25, 0.3) is 16.5 Å². The lowest BCUT2D eigenvalue weighted by Crippen LogP contribution is -2.28. The van der Waals surface area contributed by atoms with E-state index in [4.69, 9.17) is 16.3 Å². The lowest BCUT2D eigenvalue weighted by atomic mass is 10.1. The van der Waals surface area contributed by atoms with Gasteiger partial charge in [-0.25, -0.2) is 0 Å². The molecular formula is C25H21ClN2O3. The zero-order valence-corrected chi connectivity index (χ0v) is 17.7. The lowest BCUT2D eigenvalue weighted by Gasteiger charge is -2.13. The van der Waals surface area contributed by atoms with E-state index in [1.807, 2.05) is 30.3 Å². The van der Waals surface area contributed by atoms with Crippen molar-refractivity contribution in [2.24, 2.45) is 0 Å². The van der Waals surface area contributed by atoms with Gasteiger partial charge in [0, 0.05) is 34.2 Å². The molecule has 1 aromatic heterocycles. The van der Waals surface area contributed by atoms with Crippen LogP contribution in [0.15, 0.2) is 83.8 Å². The second-order valence-electron chi connectivity index (χ2n) is 7.09. The molecule has 156 valence electrons. The highest BCUT2D eigenvalue weighted by molar-refractivity contribution is 6.30. The third-order valence-electron chi connectivity index (χ3n) is 5.13. The van der Waals surface area contributed by atoms with E-state index in [1.54, 1.807) is 55.8 Å². The number of hydrogen-bond donors (Lipinski definition) is 1. The fourth-order valence-electron chi connectivity index (χ4n) is 3.47. The average molecular weight is 433 g/mol. The molecule has 0 unspecified atom stereocenters. The summed E-state index contributed by atoms with van der Waals surface area (Å²) in [6, 6.07) is 21.8. The summed E-state index contributed by atoms with van der Waals surface area (Å²) in [6.45, 7) is 0.469. The predicted molar refractivity (Wildman–Crippen MR) is 124 cm³/mol. The van der Waals surface area contributed by atoms with Crippen LogP contribution in [0.1, 0.15) is 15.9 Å². The first kappa shape index (κ1) is 20.7. The molecule has 6 heteroatoms. The van der Waals surface area contributed by atoms with Crippen LogP contribution >= 0.6 is 11.6 Å². The molecule has 0 aliphatic rings. The van der Waals surface area contributed by atoms with E-state index >= 15 is 0 Å². The van der Waals surface area contributed by atoms with Gasteiger partial charge in [-0.1, -0.05) is 41.9 Å². The number of nitrogens with one attached hydrogen (secondary N) is 1. The zero-order valence-electron chi connectivity index (χ0n) is 17.0. The first-order valence-electron chi connectivity index (χ1n) is 9.88. The summed E-state index contributed by atoms with van der Waals surface area (Å²) in [5, 5.41) is 4.76. The Morgan fingerprint density at radius 2 is 1.65 bits per heavy atom. The van der Waals surface area contributed by atoms with Crippen molar-refractivity contribution in [2.45, 2.75) is 6.42 Å². The molecule has 1 heterocycles. The molecule has 0 saturated carbocycles. The molecule has 0 saturated heterocycles. The molecule has 1 amide bonds. The van der Waals surface area contributed by atoms with Crippen LogP contribution in [0.5, 0.6) is 5.75 Å². The minimum Gasteiger partial charge on any atom is -0.497 e. The fraction of sp³-hybridized carbons (Fsp3) is 0.120. The quantitative estimate of drug-likeness (QED) is 0.483. The number of hydrogen-bond acceptors (Lipinski definition) is 3. The van der Waals surface area contributed by atoms with Crippen LogP contribution in [0, 0.1) is 0 Å². The molecule has 5 nitrogen and oxygen atoms in total. The van der Waals surface area contributed by atoms with Gasteiger partial charge in [0.15, 0.2) is 0 Å². The fourth-order valence-corrected chi connectivity index (χ4v) is 3.60. The summed E-state index contributed by atoms with van der Waals surface area (Å²) in [6.07, 6.45) is 2.28. The number of carbonyl (C=O) groups is 1. The predicted octanol–water partition coefficient (Wildman–Crippen LogP) is 4.63. The summed E-state index contributed by atoms with van der Waals surface area (Å²) in [7, 11) is 1.59. The third-order valence-corrected chi connectivity index (χ3v) is 5.38. The normalized spacial score (nSPS) is 10.8. The topological polar surface area (TPSA) is 60.3 Å². The number of amides is 1. The van der Waals surface area contributed by atoms with Gasteiger partial charge in [-0.05, 0) is 54.4 Å². The standard InChI is InChI=1S/C25H21ClN2O3/c1-31-20-12-10-19(11-13-20)28-16-23(21-4-2-3-5-22(21)25(28)30)24(29)27-15-14-17-6-8-18(26)9-7-17/h2-13,16H,14-15H2,1H3,(H,27,29). The number of pyridine rings is 1. The molecule has 31 heavy (non-hydrogen) atoms. The van der Waals surface area contributed by atoms with Gasteiger partial charge in [0.1, 0.15) is 5.75 Å². The summed E-state index contributed by atoms with van der Waals surface area (Å²) in [5.41, 5.74) is 2.00. The minimum atomic E-state index is -0.229. The van der Waals surface area contributed by atoms with Gasteiger partial charge in [-0.2, -0.15) is 0 Å². The number of rotatable bonds is 6. The Labute approximate surface area is 184 Å². The van der Waals surface area contributed by atoms with Crippen molar-refractivity contribution in [1.29, 1.82) is 0 Å². The van der Waals surface area contributed by atoms with E-state index < -0.39 is 0 Å². The van der Waals surface area contributed by atoms with Crippen molar-refractivity contribution in [1.82, 2.24) is 9.88 Å². The number of ether oxygens (including phenoxy) is 1. The second kappa shape index (κ2) is 9.06. The monoisotopic (exact) mass is 432 g/mol. The molecule has 0 radical (unpaired) electrons. The van der Waals surface area contributed by atoms with Crippen molar-refractivity contribution in [3.63, 3.8) is 0 Å². The highest BCUT2D eigenvalue weighted by atomic mass is 35.5. The number of carbonyl (C=O) groups excluding carboxylic acids is 1. The Morgan fingerprint density at radius 3 is 2.32 bits per heavy atom. The lowest BCUT2D eigenvalue weighted by molar-refractivity contribution is 0.0955. The molecule has 0 atom stereocenters. The van der Waals surface area contributed by atoms with Gasteiger partial charge < -0.3 is 10.1 Å². The highest BCUT2D eigenvalue weighted by Gasteiger charge is 2.15. The Hall–Kier alpha value is -3.57. The Balaban J connectivity index is 1.65. The van der Waals surface area contributed by atoms with Crippen LogP contribution in [0.3, 0.4) is 0 Å². The Kier molecular flexibility index (Phi) is 6.05. The largest absolute Gasteiger partial charge is 0.497 e. The van der Waals surface area contributed by atoms with Crippen LogP contribution in [-0.4, -0.2) is 24.1 Å². The Bertz CT molecular complexity index is 1280. The molecular weight excluding hydrogens is 412 g/mol. The van der Waals surface area contributed by atoms with E-state index in [2.05, 4.69) is 5.32 Å². The van der Waals surface area contributed by atoms with E-state index in [-0.39, 0.29) is 11.5 Å². The summed E-state index contributed by atoms with van der Waals surface area (Å²) in [5.74, 6) is 0.463. The van der Waals surface area contributed by atoms with Crippen molar-refractivity contribution in [3.8, 4) is 11.4 Å². The Morgan fingerprint density at radius 1 is 0.968 bits per heavy atom. The zero-order chi connectivity index (χ0) is 21.8. The van der Waals surface area contributed by atoms with Crippen LogP contribution < -0.4 is 15.6 Å². The smallest absolute Gasteiger partial charge is 0.262 e. The maximum absolute atomic E-state index is 13.1. The molecule has 0 bridgehead atoms. The number of aromatic nitrogens is 1. The molecule has 4 aromatic rings. The first-order valence-corrected chi connectivity index (χ1v) is 10.3. The maximum Gasteiger partial charge on any atom is 0.262 e. The minimum absolute atomic E-state index is 0.182. The third kappa shape index (κ3) is 4.47. The molecule has 0 spiro atoms. The summed E-state index contributed by atoms with van der Waals surface area (Å²) in [4.78, 5) is 26.1. The van der Waals surface area contributed by atoms with E-state index in [0.29, 0.717) is 45.8 Å². The van der Waals surface area contributed by atoms with Crippen molar-refractivity contribution in [3.05, 3.63) is 105 Å². The summed E-state index contributed by atoms with van der Waals surface area (Å²) >= 11 is 5.92. The van der Waals surface area contributed by atoms with Gasteiger partial charge in [0.2, 0.25) is 0 Å². The van der Waals surface area contributed by atoms with E-state index in [9.17, 15) is 9.59 Å². The number of nitrogens with zero attached hydrogens (tertiary/aromatic N) is 1. The van der Waals surface area contributed by atoms with Crippen LogP contribution in [0.2, 0.25) is 5.02 Å². The summed E-state index contributed by atoms with van der Waals surface area (Å²) < 4.78 is 6.69. The van der Waals surface area contributed by atoms with Gasteiger partial charge >= 0.3 is 0 Å². The van der Waals surface area contributed by atoms with Crippen LogP contribution in [0.4, 0.5) is 0 Å². The molecule has 3 aromatic carbocycles. The van der Waals surface area contributed by atoms with Gasteiger partial charge in [-0.15, -0.1) is 0 Å². The number of benzene rings is 3. The number of methoxy groups -OCH3 is 1. The van der Waals surface area contributed by atoms with Gasteiger partial charge in [-0.3, -0.25) is 14.2 Å². The molecule has 0 aliphatic carbocycles. The highest BCUT2D eigenvalue weighted by Crippen LogP contribution is 2.19. The van der Waals surface area contributed by atoms with Crippen molar-refractivity contribution >= 4 is 28.3 Å². The number of halogens is 1. The van der Waals surface area contributed by atoms with Crippen LogP contribution in [-0.2, 0) is 6.42 Å². The van der Waals surface area contributed by atoms with Gasteiger partial charge in [0.25, 0.3) is 11.5 Å². The molecule has 0 aliphatic heterocycles. The van der Waals surface area contributed by atoms with E-state index in [1.165, 1.54) is 4.57 Å². The molecule has 1 N–H and O–H groups in total. The van der Waals surface area contributed by atoms with Gasteiger partial charge in [0.05, 0.1) is 12.7 Å². The first-order chi connectivity index (χ1) is 15.1.